The van der Waals surface area contributed by atoms with Crippen LogP contribution in [0.2, 0.25) is 5.02 Å². The van der Waals surface area contributed by atoms with Gasteiger partial charge in [0.25, 0.3) is 0 Å². The standard InChI is InChI=1S/C12H13ClN2/c1-14-6-5-12-11-3-2-10(13)8-9(11)4-7-15-12/h2-4,7-8,14H,5-6H2,1H3. The SMILES string of the molecule is CNCCc1nccc2cc(Cl)ccc12. The molecule has 1 N–H and O–H groups in total. The fourth-order valence-corrected chi connectivity index (χ4v) is 1.83. The van der Waals surface area contributed by atoms with Crippen molar-refractivity contribution in [1.82, 2.24) is 10.3 Å². The molecule has 0 amide bonds. The van der Waals surface area contributed by atoms with E-state index in [0.29, 0.717) is 0 Å². The second-order valence-electron chi connectivity index (χ2n) is 3.48. The molecule has 0 atom stereocenters. The molecule has 0 saturated carbocycles. The lowest BCUT2D eigenvalue weighted by Gasteiger charge is -2.05. The average molecular weight is 221 g/mol. The molecule has 15 heavy (non-hydrogen) atoms. The van der Waals surface area contributed by atoms with Gasteiger partial charge in [0.15, 0.2) is 0 Å². The van der Waals surface area contributed by atoms with E-state index in [1.807, 2.05) is 37.5 Å². The van der Waals surface area contributed by atoms with E-state index < -0.39 is 0 Å². The number of benzene rings is 1. The predicted molar refractivity (Wildman–Crippen MR) is 64.4 cm³/mol. The molecule has 2 aromatic rings. The van der Waals surface area contributed by atoms with Gasteiger partial charge in [0.05, 0.1) is 0 Å². The first-order valence-corrected chi connectivity index (χ1v) is 5.37. The second kappa shape index (κ2) is 4.60. The zero-order chi connectivity index (χ0) is 10.7. The Hall–Kier alpha value is -1.12. The van der Waals surface area contributed by atoms with E-state index in [2.05, 4.69) is 10.3 Å². The molecule has 0 fully saturated rings. The van der Waals surface area contributed by atoms with Gasteiger partial charge in [-0.3, -0.25) is 4.98 Å². The molecule has 0 spiro atoms. The largest absolute Gasteiger partial charge is 0.319 e. The van der Waals surface area contributed by atoms with E-state index in [-0.39, 0.29) is 0 Å². The average Bonchev–Trinajstić information content (AvgIpc) is 2.25. The van der Waals surface area contributed by atoms with E-state index in [9.17, 15) is 0 Å². The zero-order valence-corrected chi connectivity index (χ0v) is 9.38. The minimum Gasteiger partial charge on any atom is -0.319 e. The van der Waals surface area contributed by atoms with Crippen LogP contribution in [0.25, 0.3) is 10.8 Å². The quantitative estimate of drug-likeness (QED) is 0.860. The summed E-state index contributed by atoms with van der Waals surface area (Å²) < 4.78 is 0. The summed E-state index contributed by atoms with van der Waals surface area (Å²) in [5, 5.41) is 6.25. The van der Waals surface area contributed by atoms with Gasteiger partial charge in [0.2, 0.25) is 0 Å². The number of likely N-dealkylation sites (N-methyl/N-ethyl adjacent to an activating group) is 1. The molecule has 0 aliphatic rings. The normalized spacial score (nSPS) is 10.8. The van der Waals surface area contributed by atoms with Crippen molar-refractivity contribution in [3.05, 3.63) is 41.2 Å². The first kappa shape index (κ1) is 10.4. The molecule has 2 rings (SSSR count). The van der Waals surface area contributed by atoms with Gasteiger partial charge < -0.3 is 5.32 Å². The van der Waals surface area contributed by atoms with Crippen molar-refractivity contribution in [1.29, 1.82) is 0 Å². The van der Waals surface area contributed by atoms with Crippen molar-refractivity contribution >= 4 is 22.4 Å². The summed E-state index contributed by atoms with van der Waals surface area (Å²) in [5.41, 5.74) is 1.12. The van der Waals surface area contributed by atoms with Gasteiger partial charge in [-0.05, 0) is 30.6 Å². The zero-order valence-electron chi connectivity index (χ0n) is 8.63. The maximum Gasteiger partial charge on any atom is 0.0494 e. The van der Waals surface area contributed by atoms with Crippen molar-refractivity contribution in [3.63, 3.8) is 0 Å². The number of nitrogens with one attached hydrogen (secondary N) is 1. The first-order valence-electron chi connectivity index (χ1n) is 4.99. The lowest BCUT2D eigenvalue weighted by Crippen LogP contribution is -2.11. The number of nitrogens with zero attached hydrogens (tertiary/aromatic N) is 1. The van der Waals surface area contributed by atoms with Crippen molar-refractivity contribution in [2.45, 2.75) is 6.42 Å². The molecule has 78 valence electrons. The summed E-state index contributed by atoms with van der Waals surface area (Å²) in [6.07, 6.45) is 2.78. The van der Waals surface area contributed by atoms with E-state index in [0.717, 1.165) is 29.1 Å². The molecule has 3 heteroatoms. The summed E-state index contributed by atoms with van der Waals surface area (Å²) >= 11 is 5.94. The van der Waals surface area contributed by atoms with Gasteiger partial charge in [-0.1, -0.05) is 17.7 Å². The fourth-order valence-electron chi connectivity index (χ4n) is 1.65. The lowest BCUT2D eigenvalue weighted by atomic mass is 10.1. The van der Waals surface area contributed by atoms with Gasteiger partial charge >= 0.3 is 0 Å². The van der Waals surface area contributed by atoms with Crippen LogP contribution in [0.4, 0.5) is 0 Å². The molecule has 0 saturated heterocycles. The number of hydrogen-bond acceptors (Lipinski definition) is 2. The summed E-state index contributed by atoms with van der Waals surface area (Å²) in [5.74, 6) is 0. The summed E-state index contributed by atoms with van der Waals surface area (Å²) in [6, 6.07) is 7.91. The van der Waals surface area contributed by atoms with Crippen LogP contribution in [0.1, 0.15) is 5.69 Å². The highest BCUT2D eigenvalue weighted by molar-refractivity contribution is 6.31. The Morgan fingerprint density at radius 3 is 3.00 bits per heavy atom. The van der Waals surface area contributed by atoms with E-state index in [4.69, 9.17) is 11.6 Å². The Kier molecular flexibility index (Phi) is 3.19. The number of halogens is 1. The first-order chi connectivity index (χ1) is 7.31. The summed E-state index contributed by atoms with van der Waals surface area (Å²) in [4.78, 5) is 4.39. The molecule has 0 aliphatic carbocycles. The number of hydrogen-bond donors (Lipinski definition) is 1. The molecule has 0 bridgehead atoms. The van der Waals surface area contributed by atoms with Crippen LogP contribution in [0.3, 0.4) is 0 Å². The van der Waals surface area contributed by atoms with Crippen LogP contribution in [0.15, 0.2) is 30.5 Å². The third kappa shape index (κ3) is 2.28. The van der Waals surface area contributed by atoms with Crippen LogP contribution < -0.4 is 5.32 Å². The predicted octanol–water partition coefficient (Wildman–Crippen LogP) is 2.65. The Balaban J connectivity index is 2.46. The third-order valence-corrected chi connectivity index (χ3v) is 2.66. The Labute approximate surface area is 94.3 Å². The highest BCUT2D eigenvalue weighted by Crippen LogP contribution is 2.21. The second-order valence-corrected chi connectivity index (χ2v) is 3.91. The smallest absolute Gasteiger partial charge is 0.0494 e. The highest BCUT2D eigenvalue weighted by Gasteiger charge is 2.01. The van der Waals surface area contributed by atoms with Gasteiger partial charge in [-0.25, -0.2) is 0 Å². The van der Waals surface area contributed by atoms with Crippen LogP contribution in [-0.2, 0) is 6.42 Å². The summed E-state index contributed by atoms with van der Waals surface area (Å²) in [7, 11) is 1.95. The van der Waals surface area contributed by atoms with Crippen LogP contribution in [0, 0.1) is 0 Å². The maximum atomic E-state index is 5.94. The molecule has 1 heterocycles. The molecule has 0 radical (unpaired) electrons. The Morgan fingerprint density at radius 2 is 2.20 bits per heavy atom. The number of aromatic nitrogens is 1. The third-order valence-electron chi connectivity index (χ3n) is 2.42. The Morgan fingerprint density at radius 1 is 1.33 bits per heavy atom. The maximum absolute atomic E-state index is 5.94. The van der Waals surface area contributed by atoms with Gasteiger partial charge in [0.1, 0.15) is 0 Å². The molecular formula is C12H13ClN2. The Bertz CT molecular complexity index is 468. The monoisotopic (exact) mass is 220 g/mol. The number of pyridine rings is 1. The summed E-state index contributed by atoms with van der Waals surface area (Å²) in [6.45, 7) is 0.939. The van der Waals surface area contributed by atoms with E-state index in [1.54, 1.807) is 0 Å². The van der Waals surface area contributed by atoms with Crippen LogP contribution in [0.5, 0.6) is 0 Å². The molecule has 2 nitrogen and oxygen atoms in total. The molecule has 1 aromatic heterocycles. The van der Waals surface area contributed by atoms with Gasteiger partial charge in [-0.15, -0.1) is 0 Å². The topological polar surface area (TPSA) is 24.9 Å². The molecule has 1 aromatic carbocycles. The molecule has 0 unspecified atom stereocenters. The van der Waals surface area contributed by atoms with Crippen molar-refractivity contribution in [2.24, 2.45) is 0 Å². The van der Waals surface area contributed by atoms with E-state index >= 15 is 0 Å². The number of fused-ring (bicyclic) bond motifs is 1. The van der Waals surface area contributed by atoms with Gasteiger partial charge in [0, 0.05) is 35.3 Å². The number of rotatable bonds is 3. The highest BCUT2D eigenvalue weighted by atomic mass is 35.5. The van der Waals surface area contributed by atoms with Gasteiger partial charge in [-0.2, -0.15) is 0 Å². The van der Waals surface area contributed by atoms with E-state index in [1.165, 1.54) is 5.39 Å². The van der Waals surface area contributed by atoms with Crippen LogP contribution in [-0.4, -0.2) is 18.6 Å². The lowest BCUT2D eigenvalue weighted by molar-refractivity contribution is 0.781. The van der Waals surface area contributed by atoms with Crippen LogP contribution >= 0.6 is 11.6 Å². The van der Waals surface area contributed by atoms with Crippen molar-refractivity contribution in [2.75, 3.05) is 13.6 Å². The van der Waals surface area contributed by atoms with Crippen molar-refractivity contribution in [3.8, 4) is 0 Å². The molecular weight excluding hydrogens is 208 g/mol. The van der Waals surface area contributed by atoms with Crippen molar-refractivity contribution < 1.29 is 0 Å². The minimum absolute atomic E-state index is 0.772. The fraction of sp³-hybridized carbons (Fsp3) is 0.250. The molecule has 0 aliphatic heterocycles. The minimum atomic E-state index is 0.772.